The summed E-state index contributed by atoms with van der Waals surface area (Å²) in [5, 5.41) is 6.80. The molecule has 3 nitrogen and oxygen atoms in total. The van der Waals surface area contributed by atoms with Crippen molar-refractivity contribution in [2.45, 2.75) is 13.8 Å². The Morgan fingerprint density at radius 1 is 0.692 bits per heavy atom. The molecule has 0 bridgehead atoms. The van der Waals surface area contributed by atoms with E-state index in [1.807, 2.05) is 47.6 Å². The summed E-state index contributed by atoms with van der Waals surface area (Å²) in [4.78, 5) is 2.34. The third-order valence-electron chi connectivity index (χ3n) is 4.35. The van der Waals surface area contributed by atoms with E-state index in [0.717, 1.165) is 30.0 Å². The average molecular weight is 343 g/mol. The lowest BCUT2D eigenvalue weighted by Crippen LogP contribution is -2.23. The van der Waals surface area contributed by atoms with Crippen LogP contribution in [0.5, 0.6) is 0 Å². The van der Waals surface area contributed by atoms with E-state index in [1.54, 1.807) is 0 Å². The number of hydrogen-bond donors (Lipinski definition) is 0. The third-order valence-corrected chi connectivity index (χ3v) is 4.35. The molecule has 3 aromatic carbocycles. The first-order chi connectivity index (χ1) is 12.8. The standard InChI is InChI=1S/C23H25N3/c1-3-25(4-2)23-18-12-11-13-20(23)19-24-26(21-14-7-5-8-15-21)22-16-9-6-10-17-22/h5-19H,3-4H2,1-2H3. The van der Waals surface area contributed by atoms with Crippen LogP contribution in [0.4, 0.5) is 17.1 Å². The smallest absolute Gasteiger partial charge is 0.0652 e. The summed E-state index contributed by atoms with van der Waals surface area (Å²) in [7, 11) is 0. The zero-order chi connectivity index (χ0) is 18.2. The van der Waals surface area contributed by atoms with Gasteiger partial charge in [-0.25, -0.2) is 5.01 Å². The first-order valence-corrected chi connectivity index (χ1v) is 9.11. The van der Waals surface area contributed by atoms with E-state index in [0.29, 0.717) is 0 Å². The lowest BCUT2D eigenvalue weighted by molar-refractivity contribution is 0.865. The van der Waals surface area contributed by atoms with Crippen molar-refractivity contribution < 1.29 is 0 Å². The van der Waals surface area contributed by atoms with Crippen molar-refractivity contribution in [3.8, 4) is 0 Å². The maximum absolute atomic E-state index is 4.83. The van der Waals surface area contributed by atoms with Gasteiger partial charge in [0, 0.05) is 24.3 Å². The van der Waals surface area contributed by atoms with Crippen LogP contribution in [0, 0.1) is 0 Å². The van der Waals surface area contributed by atoms with Gasteiger partial charge in [-0.3, -0.25) is 0 Å². The largest absolute Gasteiger partial charge is 0.372 e. The molecule has 0 aliphatic carbocycles. The molecule has 0 aromatic heterocycles. The van der Waals surface area contributed by atoms with Gasteiger partial charge in [0.2, 0.25) is 0 Å². The fourth-order valence-electron chi connectivity index (χ4n) is 2.99. The summed E-state index contributed by atoms with van der Waals surface area (Å²) in [5.41, 5.74) is 4.40. The summed E-state index contributed by atoms with van der Waals surface area (Å²) < 4.78 is 0. The number of para-hydroxylation sites is 3. The van der Waals surface area contributed by atoms with Crippen LogP contribution in [-0.4, -0.2) is 19.3 Å². The minimum Gasteiger partial charge on any atom is -0.372 e. The summed E-state index contributed by atoms with van der Waals surface area (Å²) in [6.07, 6.45) is 1.95. The highest BCUT2D eigenvalue weighted by Crippen LogP contribution is 2.26. The molecule has 0 heterocycles. The van der Waals surface area contributed by atoms with E-state index < -0.39 is 0 Å². The van der Waals surface area contributed by atoms with Crippen molar-refractivity contribution in [1.29, 1.82) is 0 Å². The summed E-state index contributed by atoms with van der Waals surface area (Å²) in [5.74, 6) is 0. The Kier molecular flexibility index (Phi) is 6.05. The van der Waals surface area contributed by atoms with Crippen LogP contribution < -0.4 is 9.91 Å². The van der Waals surface area contributed by atoms with E-state index in [1.165, 1.54) is 5.69 Å². The van der Waals surface area contributed by atoms with Gasteiger partial charge in [-0.05, 0) is 44.2 Å². The molecule has 26 heavy (non-hydrogen) atoms. The molecule has 3 aromatic rings. The van der Waals surface area contributed by atoms with Crippen molar-refractivity contribution in [2.75, 3.05) is 23.0 Å². The predicted octanol–water partition coefficient (Wildman–Crippen LogP) is 5.71. The van der Waals surface area contributed by atoms with Crippen LogP contribution in [0.2, 0.25) is 0 Å². The molecule has 0 saturated carbocycles. The molecule has 0 unspecified atom stereocenters. The molecular formula is C23H25N3. The van der Waals surface area contributed by atoms with E-state index in [-0.39, 0.29) is 0 Å². The molecule has 3 rings (SSSR count). The predicted molar refractivity (Wildman–Crippen MR) is 113 cm³/mol. The zero-order valence-corrected chi connectivity index (χ0v) is 15.4. The van der Waals surface area contributed by atoms with Gasteiger partial charge in [0.25, 0.3) is 0 Å². The second kappa shape index (κ2) is 8.86. The average Bonchev–Trinajstić information content (AvgIpc) is 2.72. The van der Waals surface area contributed by atoms with Gasteiger partial charge < -0.3 is 4.90 Å². The fraction of sp³-hybridized carbons (Fsp3) is 0.174. The first-order valence-electron chi connectivity index (χ1n) is 9.11. The topological polar surface area (TPSA) is 18.8 Å². The fourth-order valence-corrected chi connectivity index (χ4v) is 2.99. The van der Waals surface area contributed by atoms with Gasteiger partial charge in [0.15, 0.2) is 0 Å². The maximum atomic E-state index is 4.83. The molecule has 0 aliphatic rings. The SMILES string of the molecule is CCN(CC)c1ccccc1C=NN(c1ccccc1)c1ccccc1. The Balaban J connectivity index is 1.98. The zero-order valence-electron chi connectivity index (χ0n) is 15.4. The number of benzene rings is 3. The first kappa shape index (κ1) is 17.7. The highest BCUT2D eigenvalue weighted by atomic mass is 15.5. The Morgan fingerprint density at radius 3 is 1.73 bits per heavy atom. The quantitative estimate of drug-likeness (QED) is 0.404. The number of anilines is 3. The van der Waals surface area contributed by atoms with Gasteiger partial charge in [-0.15, -0.1) is 0 Å². The van der Waals surface area contributed by atoms with Crippen LogP contribution in [0.3, 0.4) is 0 Å². The summed E-state index contributed by atoms with van der Waals surface area (Å²) in [6.45, 7) is 6.31. The second-order valence-corrected chi connectivity index (χ2v) is 5.96. The van der Waals surface area contributed by atoms with Crippen molar-refractivity contribution in [3.63, 3.8) is 0 Å². The van der Waals surface area contributed by atoms with E-state index >= 15 is 0 Å². The van der Waals surface area contributed by atoms with Crippen molar-refractivity contribution in [3.05, 3.63) is 90.5 Å². The minimum atomic E-state index is 0.975. The molecule has 0 fully saturated rings. The molecule has 0 amide bonds. The molecule has 0 atom stereocenters. The van der Waals surface area contributed by atoms with Crippen LogP contribution in [0.25, 0.3) is 0 Å². The van der Waals surface area contributed by atoms with E-state index in [4.69, 9.17) is 5.10 Å². The van der Waals surface area contributed by atoms with Crippen molar-refractivity contribution >= 4 is 23.3 Å². The molecule has 3 heteroatoms. The maximum Gasteiger partial charge on any atom is 0.0652 e. The van der Waals surface area contributed by atoms with Crippen molar-refractivity contribution in [2.24, 2.45) is 5.10 Å². The van der Waals surface area contributed by atoms with Gasteiger partial charge in [0.1, 0.15) is 0 Å². The number of hydrogen-bond acceptors (Lipinski definition) is 3. The van der Waals surface area contributed by atoms with E-state index in [2.05, 4.69) is 67.3 Å². The summed E-state index contributed by atoms with van der Waals surface area (Å²) in [6, 6.07) is 28.9. The van der Waals surface area contributed by atoms with Crippen LogP contribution >= 0.6 is 0 Å². The highest BCUT2D eigenvalue weighted by molar-refractivity contribution is 5.89. The number of nitrogens with zero attached hydrogens (tertiary/aromatic N) is 3. The monoisotopic (exact) mass is 343 g/mol. The van der Waals surface area contributed by atoms with E-state index in [9.17, 15) is 0 Å². The van der Waals surface area contributed by atoms with Gasteiger partial charge in [-0.1, -0.05) is 54.6 Å². The Labute approximate surface area is 156 Å². The van der Waals surface area contributed by atoms with Crippen LogP contribution in [0.15, 0.2) is 90.0 Å². The Hall–Kier alpha value is -3.07. The van der Waals surface area contributed by atoms with Crippen LogP contribution in [0.1, 0.15) is 19.4 Å². The Bertz CT molecular complexity index is 785. The van der Waals surface area contributed by atoms with Gasteiger partial charge in [0.05, 0.1) is 17.6 Å². The summed E-state index contributed by atoms with van der Waals surface area (Å²) >= 11 is 0. The highest BCUT2D eigenvalue weighted by Gasteiger charge is 2.09. The minimum absolute atomic E-state index is 0.975. The Morgan fingerprint density at radius 2 is 1.19 bits per heavy atom. The van der Waals surface area contributed by atoms with Crippen LogP contribution in [-0.2, 0) is 0 Å². The lowest BCUT2D eigenvalue weighted by atomic mass is 10.1. The molecule has 0 radical (unpaired) electrons. The third kappa shape index (κ3) is 4.12. The van der Waals surface area contributed by atoms with Gasteiger partial charge >= 0.3 is 0 Å². The van der Waals surface area contributed by atoms with Gasteiger partial charge in [-0.2, -0.15) is 5.10 Å². The van der Waals surface area contributed by atoms with Crippen molar-refractivity contribution in [1.82, 2.24) is 0 Å². The number of hydrazone groups is 1. The number of rotatable bonds is 7. The molecule has 0 saturated heterocycles. The molecule has 0 spiro atoms. The normalized spacial score (nSPS) is 10.8. The second-order valence-electron chi connectivity index (χ2n) is 5.96. The molecule has 132 valence electrons. The molecule has 0 aliphatic heterocycles. The molecule has 0 N–H and O–H groups in total. The molecular weight excluding hydrogens is 318 g/mol. The lowest BCUT2D eigenvalue weighted by Gasteiger charge is -2.23.